The number of hydrogen-bond donors (Lipinski definition) is 2. The predicted octanol–water partition coefficient (Wildman–Crippen LogP) is 1.38. The van der Waals surface area contributed by atoms with E-state index in [0.717, 1.165) is 65.0 Å². The summed E-state index contributed by atoms with van der Waals surface area (Å²) >= 11 is 0. The van der Waals surface area contributed by atoms with Crippen LogP contribution in [0, 0.1) is 0 Å². The molecule has 10 nitrogen and oxygen atoms in total. The number of nitrogens with two attached hydrogens (primary N) is 2. The summed E-state index contributed by atoms with van der Waals surface area (Å²) < 4.78 is 43.5. The monoisotopic (exact) mass is 496 g/mol. The van der Waals surface area contributed by atoms with E-state index >= 15 is 0 Å². The fourth-order valence-electron chi connectivity index (χ4n) is 2.74. The minimum atomic E-state index is 0.536. The van der Waals surface area contributed by atoms with Crippen LogP contribution in [-0.2, 0) is 37.9 Å². The summed E-state index contributed by atoms with van der Waals surface area (Å²) in [6.07, 6.45) is 6.58. The Balaban J connectivity index is 2.99. The lowest BCUT2D eigenvalue weighted by atomic mass is 10.2. The van der Waals surface area contributed by atoms with Gasteiger partial charge in [-0.2, -0.15) is 0 Å². The second-order valence-corrected chi connectivity index (χ2v) is 7.60. The fourth-order valence-corrected chi connectivity index (χ4v) is 2.74. The molecule has 34 heavy (non-hydrogen) atoms. The first-order valence-electron chi connectivity index (χ1n) is 12.9. The molecule has 0 bridgehead atoms. The molecule has 0 heterocycles. The first-order chi connectivity index (χ1) is 16.9. The number of ether oxygens (including phenoxy) is 8. The van der Waals surface area contributed by atoms with Crippen LogP contribution in [0.2, 0.25) is 0 Å². The Kier molecular flexibility index (Phi) is 32.2. The van der Waals surface area contributed by atoms with Gasteiger partial charge in [-0.25, -0.2) is 0 Å². The predicted molar refractivity (Wildman–Crippen MR) is 132 cm³/mol. The van der Waals surface area contributed by atoms with E-state index in [1.54, 1.807) is 0 Å². The van der Waals surface area contributed by atoms with Gasteiger partial charge in [-0.1, -0.05) is 0 Å². The first kappa shape index (κ1) is 33.6. The highest BCUT2D eigenvalue weighted by molar-refractivity contribution is 4.44. The number of rotatable bonds is 31. The van der Waals surface area contributed by atoms with Crippen LogP contribution < -0.4 is 11.5 Å². The quantitative estimate of drug-likeness (QED) is 0.136. The van der Waals surface area contributed by atoms with Crippen molar-refractivity contribution < 1.29 is 37.9 Å². The van der Waals surface area contributed by atoms with E-state index < -0.39 is 0 Å². The van der Waals surface area contributed by atoms with Crippen molar-refractivity contribution in [2.45, 2.75) is 38.5 Å². The SMILES string of the molecule is NCCOCCCCCOCCCCCOCCOCCOCCOCCOCCOCCN. The van der Waals surface area contributed by atoms with Gasteiger partial charge in [0.05, 0.1) is 79.3 Å². The van der Waals surface area contributed by atoms with Crippen molar-refractivity contribution in [3.8, 4) is 0 Å². The van der Waals surface area contributed by atoms with Gasteiger partial charge in [0.1, 0.15) is 0 Å². The largest absolute Gasteiger partial charge is 0.381 e. The molecule has 206 valence electrons. The molecular weight excluding hydrogens is 444 g/mol. The van der Waals surface area contributed by atoms with Crippen LogP contribution in [0.3, 0.4) is 0 Å². The van der Waals surface area contributed by atoms with Gasteiger partial charge < -0.3 is 49.4 Å². The molecule has 0 aliphatic carbocycles. The van der Waals surface area contributed by atoms with Crippen molar-refractivity contribution in [2.24, 2.45) is 11.5 Å². The molecule has 0 aromatic heterocycles. The van der Waals surface area contributed by atoms with Gasteiger partial charge in [0.25, 0.3) is 0 Å². The van der Waals surface area contributed by atoms with Crippen molar-refractivity contribution in [2.75, 3.05) is 119 Å². The van der Waals surface area contributed by atoms with Gasteiger partial charge in [0, 0.05) is 39.5 Å². The highest BCUT2D eigenvalue weighted by Gasteiger charge is 1.96. The van der Waals surface area contributed by atoms with Gasteiger partial charge in [-0.05, 0) is 38.5 Å². The topological polar surface area (TPSA) is 126 Å². The van der Waals surface area contributed by atoms with E-state index in [-0.39, 0.29) is 0 Å². The highest BCUT2D eigenvalue weighted by atomic mass is 16.6. The minimum Gasteiger partial charge on any atom is -0.381 e. The zero-order valence-electron chi connectivity index (χ0n) is 21.4. The smallest absolute Gasteiger partial charge is 0.0701 e. The second-order valence-electron chi connectivity index (χ2n) is 7.60. The van der Waals surface area contributed by atoms with E-state index in [1.807, 2.05) is 0 Å². The molecule has 0 aromatic carbocycles. The third-order valence-corrected chi connectivity index (χ3v) is 4.54. The molecule has 0 unspecified atom stereocenters. The standard InChI is InChI=1S/C24H52N2O8/c25-7-13-28-11-5-1-3-9-27-10-4-2-6-12-29-15-17-31-19-21-33-23-24-34-22-20-32-18-16-30-14-8-26/h1-26H2. The normalized spacial score (nSPS) is 11.5. The van der Waals surface area contributed by atoms with Crippen LogP contribution in [-0.4, -0.2) is 119 Å². The maximum absolute atomic E-state index is 5.65. The van der Waals surface area contributed by atoms with Crippen molar-refractivity contribution in [3.05, 3.63) is 0 Å². The summed E-state index contributed by atoms with van der Waals surface area (Å²) in [7, 11) is 0. The van der Waals surface area contributed by atoms with E-state index in [2.05, 4.69) is 0 Å². The molecule has 0 amide bonds. The summed E-state index contributed by atoms with van der Waals surface area (Å²) in [4.78, 5) is 0. The zero-order valence-corrected chi connectivity index (χ0v) is 21.4. The van der Waals surface area contributed by atoms with Crippen molar-refractivity contribution in [1.82, 2.24) is 0 Å². The van der Waals surface area contributed by atoms with Crippen LogP contribution >= 0.6 is 0 Å². The van der Waals surface area contributed by atoms with Gasteiger partial charge >= 0.3 is 0 Å². The molecule has 0 saturated heterocycles. The van der Waals surface area contributed by atoms with Gasteiger partial charge in [0.15, 0.2) is 0 Å². The molecule has 0 spiro atoms. The van der Waals surface area contributed by atoms with Crippen molar-refractivity contribution in [1.29, 1.82) is 0 Å². The molecule has 0 aliphatic rings. The lowest BCUT2D eigenvalue weighted by molar-refractivity contribution is -0.0165. The first-order valence-corrected chi connectivity index (χ1v) is 12.9. The van der Waals surface area contributed by atoms with Gasteiger partial charge in [-0.3, -0.25) is 0 Å². The molecule has 10 heteroatoms. The maximum atomic E-state index is 5.65. The summed E-state index contributed by atoms with van der Waals surface area (Å²) in [5.74, 6) is 0. The minimum absolute atomic E-state index is 0.536. The zero-order chi connectivity index (χ0) is 24.6. The van der Waals surface area contributed by atoms with E-state index in [9.17, 15) is 0 Å². The molecular formula is C24H52N2O8. The van der Waals surface area contributed by atoms with Crippen LogP contribution in [0.4, 0.5) is 0 Å². The molecule has 0 rings (SSSR count). The lowest BCUT2D eigenvalue weighted by Gasteiger charge is -2.08. The maximum Gasteiger partial charge on any atom is 0.0701 e. The Morgan fingerprint density at radius 1 is 0.235 bits per heavy atom. The van der Waals surface area contributed by atoms with Crippen LogP contribution in [0.15, 0.2) is 0 Å². The summed E-state index contributed by atoms with van der Waals surface area (Å²) in [5.41, 5.74) is 10.7. The van der Waals surface area contributed by atoms with E-state index in [1.165, 1.54) is 0 Å². The van der Waals surface area contributed by atoms with Gasteiger partial charge in [-0.15, -0.1) is 0 Å². The average molecular weight is 497 g/mol. The van der Waals surface area contributed by atoms with Crippen LogP contribution in [0.5, 0.6) is 0 Å². The fraction of sp³-hybridized carbons (Fsp3) is 1.00. The van der Waals surface area contributed by atoms with Crippen molar-refractivity contribution >= 4 is 0 Å². The molecule has 4 N–H and O–H groups in total. The molecule has 0 aromatic rings. The Labute approximate surface area is 207 Å². The molecule has 0 radical (unpaired) electrons. The summed E-state index contributed by atoms with van der Waals surface area (Å²) in [6, 6.07) is 0. The Morgan fingerprint density at radius 2 is 0.441 bits per heavy atom. The number of hydrogen-bond acceptors (Lipinski definition) is 10. The summed E-state index contributed by atoms with van der Waals surface area (Å²) in [5, 5.41) is 0. The Bertz CT molecular complexity index is 325. The third-order valence-electron chi connectivity index (χ3n) is 4.54. The molecule has 0 aliphatic heterocycles. The highest BCUT2D eigenvalue weighted by Crippen LogP contribution is 2.00. The Hall–Kier alpha value is -0.400. The Morgan fingerprint density at radius 3 is 0.735 bits per heavy atom. The molecule has 0 fully saturated rings. The number of unbranched alkanes of at least 4 members (excludes halogenated alkanes) is 4. The lowest BCUT2D eigenvalue weighted by Crippen LogP contribution is -2.15. The second kappa shape index (κ2) is 32.6. The van der Waals surface area contributed by atoms with Crippen LogP contribution in [0.1, 0.15) is 38.5 Å². The van der Waals surface area contributed by atoms with E-state index in [0.29, 0.717) is 92.4 Å². The molecule has 0 atom stereocenters. The van der Waals surface area contributed by atoms with Crippen molar-refractivity contribution in [3.63, 3.8) is 0 Å². The third kappa shape index (κ3) is 31.6. The van der Waals surface area contributed by atoms with Gasteiger partial charge in [0.2, 0.25) is 0 Å². The average Bonchev–Trinajstić information content (AvgIpc) is 2.85. The van der Waals surface area contributed by atoms with E-state index in [4.69, 9.17) is 49.4 Å². The summed E-state index contributed by atoms with van der Waals surface area (Å²) in [6.45, 7) is 11.2. The van der Waals surface area contributed by atoms with Crippen LogP contribution in [0.25, 0.3) is 0 Å². The molecule has 0 saturated carbocycles.